The summed E-state index contributed by atoms with van der Waals surface area (Å²) in [5.74, 6) is 1.50. The van der Waals surface area contributed by atoms with Crippen molar-refractivity contribution in [2.75, 3.05) is 36.5 Å². The van der Waals surface area contributed by atoms with Crippen molar-refractivity contribution in [2.24, 2.45) is 17.9 Å². The van der Waals surface area contributed by atoms with Crippen LogP contribution in [0.2, 0.25) is 0 Å². The van der Waals surface area contributed by atoms with Crippen molar-refractivity contribution in [3.63, 3.8) is 0 Å². The van der Waals surface area contributed by atoms with Gasteiger partial charge in [-0.3, -0.25) is 19.0 Å². The number of anilines is 3. The van der Waals surface area contributed by atoms with Crippen LogP contribution in [0.1, 0.15) is 91.3 Å². The van der Waals surface area contributed by atoms with Crippen molar-refractivity contribution in [2.45, 2.75) is 92.5 Å². The van der Waals surface area contributed by atoms with E-state index in [9.17, 15) is 23.6 Å². The summed E-state index contributed by atoms with van der Waals surface area (Å²) >= 11 is 0. The van der Waals surface area contributed by atoms with Crippen molar-refractivity contribution in [3.8, 4) is 22.9 Å². The molecule has 0 radical (unpaired) electrons. The van der Waals surface area contributed by atoms with Crippen LogP contribution in [0, 0.1) is 29.1 Å². The van der Waals surface area contributed by atoms with Crippen LogP contribution in [0.15, 0.2) is 55.1 Å². The van der Waals surface area contributed by atoms with Crippen molar-refractivity contribution < 1.29 is 23.1 Å². The summed E-state index contributed by atoms with van der Waals surface area (Å²) in [7, 11) is 3.65. The van der Waals surface area contributed by atoms with Crippen LogP contribution in [0.25, 0.3) is 11.1 Å². The van der Waals surface area contributed by atoms with Gasteiger partial charge in [-0.1, -0.05) is 27.7 Å². The quantitative estimate of drug-likeness (QED) is 0.148. The van der Waals surface area contributed by atoms with Crippen molar-refractivity contribution >= 4 is 29.3 Å². The Morgan fingerprint density at radius 2 is 1.81 bits per heavy atom. The number of carbonyl (C=O) groups is 2. The molecule has 1 N–H and O–H groups in total. The molecular weight excluding hydrogens is 793 g/mol. The minimum atomic E-state index is -2.69. The van der Waals surface area contributed by atoms with Gasteiger partial charge in [-0.25, -0.2) is 18.7 Å². The number of hydrogen-bond donors (Lipinski definition) is 1. The third-order valence-corrected chi connectivity index (χ3v) is 13.0. The van der Waals surface area contributed by atoms with E-state index < -0.39 is 17.3 Å². The molecule has 5 aromatic rings. The van der Waals surface area contributed by atoms with Gasteiger partial charge in [-0.05, 0) is 66.8 Å². The molecular formula is C46H53F2N11O3. The number of aromatic nitrogens is 6. The third kappa shape index (κ3) is 7.62. The van der Waals surface area contributed by atoms with Gasteiger partial charge >= 0.3 is 0 Å². The van der Waals surface area contributed by atoms with E-state index in [2.05, 4.69) is 54.1 Å². The minimum absolute atomic E-state index is 0.0309. The molecule has 1 aliphatic carbocycles. The molecule has 2 aromatic carbocycles. The molecule has 324 valence electrons. The molecule has 62 heavy (non-hydrogen) atoms. The van der Waals surface area contributed by atoms with Crippen LogP contribution in [-0.4, -0.2) is 85.1 Å². The summed E-state index contributed by atoms with van der Waals surface area (Å²) in [5, 5.41) is 21.9. The molecule has 16 heteroatoms. The fourth-order valence-electron chi connectivity index (χ4n) is 9.97. The number of nitrogens with zero attached hydrogens (tertiary/aromatic N) is 10. The number of nitrogens with one attached hydrogen (secondary N) is 1. The lowest BCUT2D eigenvalue weighted by atomic mass is 9.49. The van der Waals surface area contributed by atoms with Crippen LogP contribution in [0.3, 0.4) is 0 Å². The first kappa shape index (κ1) is 42.3. The highest BCUT2D eigenvalue weighted by Gasteiger charge is 2.64. The van der Waals surface area contributed by atoms with Crippen molar-refractivity contribution in [1.29, 1.82) is 5.26 Å². The molecule has 0 atom stereocenters. The van der Waals surface area contributed by atoms with Crippen molar-refractivity contribution in [1.82, 2.24) is 39.7 Å². The molecule has 0 saturated heterocycles. The molecule has 3 aliphatic rings. The number of fused-ring (bicyclic) bond motifs is 2. The summed E-state index contributed by atoms with van der Waals surface area (Å²) in [4.78, 5) is 41.0. The number of nitriles is 1. The fourth-order valence-corrected chi connectivity index (χ4v) is 9.97. The summed E-state index contributed by atoms with van der Waals surface area (Å²) in [6.07, 6.45) is 5.70. The summed E-state index contributed by atoms with van der Waals surface area (Å²) in [6, 6.07) is 10.9. The Balaban J connectivity index is 0.972. The average Bonchev–Trinajstić information content (AvgIpc) is 3.85. The third-order valence-electron chi connectivity index (χ3n) is 13.0. The number of alkyl halides is 2. The van der Waals surface area contributed by atoms with Crippen LogP contribution in [0.4, 0.5) is 26.2 Å². The van der Waals surface area contributed by atoms with Gasteiger partial charge in [0.05, 0.1) is 36.5 Å². The molecule has 3 aromatic heterocycles. The van der Waals surface area contributed by atoms with Gasteiger partial charge in [0.1, 0.15) is 11.9 Å². The Bertz CT molecular complexity index is 2560. The molecule has 0 bridgehead atoms. The second kappa shape index (κ2) is 16.2. The van der Waals surface area contributed by atoms with Crippen LogP contribution >= 0.6 is 0 Å². The summed E-state index contributed by atoms with van der Waals surface area (Å²) < 4.78 is 39.4. The summed E-state index contributed by atoms with van der Waals surface area (Å²) in [5.41, 5.74) is 5.66. The first-order chi connectivity index (χ1) is 29.5. The maximum Gasteiger partial charge on any atom is 0.264 e. The molecule has 1 saturated carbocycles. The van der Waals surface area contributed by atoms with Gasteiger partial charge in [-0.15, -0.1) is 0 Å². The second-order valence-electron chi connectivity index (χ2n) is 18.0. The average molecular weight is 846 g/mol. The molecule has 2 amide bonds. The largest absolute Gasteiger partial charge is 0.489 e. The zero-order valence-corrected chi connectivity index (χ0v) is 36.5. The second-order valence-corrected chi connectivity index (χ2v) is 18.0. The topological polar surface area (TPSA) is 150 Å². The van der Waals surface area contributed by atoms with E-state index >= 15 is 0 Å². The van der Waals surface area contributed by atoms with Gasteiger partial charge in [-0.2, -0.15) is 15.5 Å². The molecule has 5 heterocycles. The van der Waals surface area contributed by atoms with E-state index in [1.54, 1.807) is 48.1 Å². The number of benzene rings is 2. The number of likely N-dealkylation sites (N-methyl/N-ethyl adjacent to an activating group) is 1. The van der Waals surface area contributed by atoms with Gasteiger partial charge in [0.2, 0.25) is 11.9 Å². The SMILES string of the molecule is CC(=O)N1CCc2c(c(N3CCCc4cc(-c5cnn(C)c5)c(C(F)F)cc43)nn2CCN(C)c2ncc(C(=O)NC3C(C)(C)C(Oc4ccc(C#N)c(C)c4)C3(C)C)cn2)C1. The number of carbonyl (C=O) groups excluding carboxylic acids is 2. The van der Waals surface area contributed by atoms with Gasteiger partial charge in [0.15, 0.2) is 5.82 Å². The van der Waals surface area contributed by atoms with E-state index in [1.165, 1.54) is 12.4 Å². The number of ether oxygens (including phenoxy) is 1. The van der Waals surface area contributed by atoms with Gasteiger partial charge in [0, 0.05) is 111 Å². The fraction of sp³-hybridized carbons (Fsp3) is 0.457. The van der Waals surface area contributed by atoms with E-state index in [0.29, 0.717) is 84.6 Å². The number of aryl methyl sites for hydroxylation is 3. The van der Waals surface area contributed by atoms with E-state index in [-0.39, 0.29) is 29.5 Å². The van der Waals surface area contributed by atoms with E-state index in [0.717, 1.165) is 35.2 Å². The highest BCUT2D eigenvalue weighted by molar-refractivity contribution is 5.94. The standard InChI is InChI=1S/C46H53F2N11O3/c1-27-18-33(12-11-30(27)21-49)62-43-45(3,4)42(46(43,5)6)53-41(61)31-22-50-44(51-23-31)55(7)16-17-59-37-13-15-57(28(2)60)26-36(37)40(54-59)58-14-9-10-29-19-34(32-24-52-56(8)25-32)35(39(47)48)20-38(29)58/h11-12,18-20,22-25,39,42-43H,9-10,13-17,26H2,1-8H3,(H,53,61). The van der Waals surface area contributed by atoms with Crippen LogP contribution < -0.4 is 19.9 Å². The maximum atomic E-state index is 14.7. The molecule has 0 unspecified atom stereocenters. The Hall–Kier alpha value is -6.37. The van der Waals surface area contributed by atoms with Crippen LogP contribution in [0.5, 0.6) is 5.75 Å². The summed E-state index contributed by atoms with van der Waals surface area (Å²) in [6.45, 7) is 14.2. The zero-order valence-electron chi connectivity index (χ0n) is 36.5. The number of hydrogen-bond acceptors (Lipinski definition) is 10. The lowest BCUT2D eigenvalue weighted by Crippen LogP contribution is -2.74. The Morgan fingerprint density at radius 1 is 1.06 bits per heavy atom. The number of amides is 2. The number of rotatable bonds is 11. The highest BCUT2D eigenvalue weighted by Crippen LogP contribution is 2.55. The highest BCUT2D eigenvalue weighted by atomic mass is 19.3. The first-order valence-electron chi connectivity index (χ1n) is 21.0. The minimum Gasteiger partial charge on any atom is -0.489 e. The van der Waals surface area contributed by atoms with Gasteiger partial charge in [0.25, 0.3) is 12.3 Å². The first-order valence-corrected chi connectivity index (χ1v) is 21.0. The lowest BCUT2D eigenvalue weighted by molar-refractivity contribution is -0.164. The lowest BCUT2D eigenvalue weighted by Gasteiger charge is -2.63. The van der Waals surface area contributed by atoms with Crippen molar-refractivity contribution in [3.05, 3.63) is 94.2 Å². The molecule has 0 spiro atoms. The molecule has 1 fully saturated rings. The Morgan fingerprint density at radius 3 is 2.45 bits per heavy atom. The molecule has 8 rings (SSSR count). The van der Waals surface area contributed by atoms with E-state index in [4.69, 9.17) is 9.84 Å². The van der Waals surface area contributed by atoms with Crippen LogP contribution in [-0.2, 0) is 37.8 Å². The smallest absolute Gasteiger partial charge is 0.264 e. The molecule has 14 nitrogen and oxygen atoms in total. The Kier molecular flexibility index (Phi) is 11.0. The monoisotopic (exact) mass is 845 g/mol. The predicted octanol–water partition coefficient (Wildman–Crippen LogP) is 6.93. The zero-order chi connectivity index (χ0) is 44.2. The number of halogens is 2. The van der Waals surface area contributed by atoms with Gasteiger partial charge < -0.3 is 24.8 Å². The Labute approximate surface area is 360 Å². The predicted molar refractivity (Wildman–Crippen MR) is 230 cm³/mol. The molecule has 2 aliphatic heterocycles. The maximum absolute atomic E-state index is 14.7. The normalized spacial score (nSPS) is 18.7. The van der Waals surface area contributed by atoms with E-state index in [1.807, 2.05) is 46.7 Å².